The van der Waals surface area contributed by atoms with Crippen LogP contribution in [-0.4, -0.2) is 51.5 Å². The Balaban J connectivity index is 2.25. The molecule has 5 heteroatoms. The zero-order valence-corrected chi connectivity index (χ0v) is 15.8. The van der Waals surface area contributed by atoms with Crippen LogP contribution in [-0.2, 0) is 9.47 Å². The second-order valence-corrected chi connectivity index (χ2v) is 7.59. The minimum absolute atomic E-state index is 0.238. The molecule has 1 atom stereocenters. The Morgan fingerprint density at radius 1 is 1.35 bits per heavy atom. The summed E-state index contributed by atoms with van der Waals surface area (Å²) in [5.41, 5.74) is 0.238. The summed E-state index contributed by atoms with van der Waals surface area (Å²) in [5.74, 6) is 1.61. The Labute approximate surface area is 142 Å². The average Bonchev–Trinajstić information content (AvgIpc) is 2.96. The largest absolute Gasteiger partial charge is 0.379 e. The van der Waals surface area contributed by atoms with Crippen molar-refractivity contribution < 1.29 is 9.47 Å². The maximum absolute atomic E-state index is 5.78. The van der Waals surface area contributed by atoms with E-state index in [1.54, 1.807) is 0 Å². The summed E-state index contributed by atoms with van der Waals surface area (Å²) in [6.45, 7) is 16.2. The quantitative estimate of drug-likeness (QED) is 0.368. The lowest BCUT2D eigenvalue weighted by Crippen LogP contribution is -2.39. The fraction of sp³-hybridized carbons (Fsp3) is 0.944. The molecule has 2 N–H and O–H groups in total. The van der Waals surface area contributed by atoms with Crippen LogP contribution in [0.3, 0.4) is 0 Å². The summed E-state index contributed by atoms with van der Waals surface area (Å²) in [4.78, 5) is 4.75. The van der Waals surface area contributed by atoms with E-state index in [0.717, 1.165) is 58.3 Å². The molecule has 136 valence electrons. The van der Waals surface area contributed by atoms with E-state index in [1.165, 1.54) is 6.42 Å². The molecule has 23 heavy (non-hydrogen) atoms. The molecular formula is C18H37N3O2. The SMILES string of the molecule is CCNC(=NCC(C)(C)CC(C)C)NCCCOC1CCOC1. The van der Waals surface area contributed by atoms with Gasteiger partial charge in [-0.25, -0.2) is 0 Å². The Hall–Kier alpha value is -0.810. The minimum Gasteiger partial charge on any atom is -0.379 e. The third kappa shape index (κ3) is 9.82. The molecule has 0 aromatic rings. The fourth-order valence-corrected chi connectivity index (χ4v) is 2.98. The molecular weight excluding hydrogens is 290 g/mol. The van der Waals surface area contributed by atoms with Crippen LogP contribution in [0.15, 0.2) is 4.99 Å². The van der Waals surface area contributed by atoms with Gasteiger partial charge in [-0.2, -0.15) is 0 Å². The maximum atomic E-state index is 5.78. The minimum atomic E-state index is 0.238. The van der Waals surface area contributed by atoms with Crippen LogP contribution >= 0.6 is 0 Å². The van der Waals surface area contributed by atoms with Gasteiger partial charge in [0.25, 0.3) is 0 Å². The van der Waals surface area contributed by atoms with Crippen LogP contribution in [0.2, 0.25) is 0 Å². The van der Waals surface area contributed by atoms with Crippen molar-refractivity contribution in [3.63, 3.8) is 0 Å². The second-order valence-electron chi connectivity index (χ2n) is 7.59. The molecule has 1 fully saturated rings. The molecule has 1 aliphatic rings. The highest BCUT2D eigenvalue weighted by Crippen LogP contribution is 2.25. The Kier molecular flexibility index (Phi) is 9.56. The number of hydrogen-bond acceptors (Lipinski definition) is 3. The highest BCUT2D eigenvalue weighted by Gasteiger charge is 2.19. The topological polar surface area (TPSA) is 54.9 Å². The van der Waals surface area contributed by atoms with Crippen molar-refractivity contribution in [2.45, 2.75) is 60.0 Å². The normalized spacial score (nSPS) is 19.4. The predicted molar refractivity (Wildman–Crippen MR) is 97.0 cm³/mol. The zero-order valence-electron chi connectivity index (χ0n) is 15.8. The van der Waals surface area contributed by atoms with Crippen LogP contribution in [0.4, 0.5) is 0 Å². The molecule has 1 rings (SSSR count). The van der Waals surface area contributed by atoms with Crippen molar-refractivity contribution in [1.29, 1.82) is 0 Å². The monoisotopic (exact) mass is 327 g/mol. The molecule has 0 amide bonds. The molecule has 0 radical (unpaired) electrons. The van der Waals surface area contributed by atoms with E-state index in [2.05, 4.69) is 45.3 Å². The number of hydrogen-bond donors (Lipinski definition) is 2. The van der Waals surface area contributed by atoms with Crippen LogP contribution in [0.25, 0.3) is 0 Å². The van der Waals surface area contributed by atoms with Gasteiger partial charge < -0.3 is 20.1 Å². The molecule has 1 aliphatic heterocycles. The molecule has 0 spiro atoms. The first-order chi connectivity index (χ1) is 10.9. The van der Waals surface area contributed by atoms with Crippen LogP contribution in [0.1, 0.15) is 53.9 Å². The van der Waals surface area contributed by atoms with Crippen molar-refractivity contribution in [2.24, 2.45) is 16.3 Å². The Morgan fingerprint density at radius 2 is 2.13 bits per heavy atom. The third-order valence-electron chi connectivity index (χ3n) is 3.83. The summed E-state index contributed by atoms with van der Waals surface area (Å²) in [6, 6.07) is 0. The molecule has 5 nitrogen and oxygen atoms in total. The lowest BCUT2D eigenvalue weighted by molar-refractivity contribution is 0.0420. The number of nitrogens with zero attached hydrogens (tertiary/aromatic N) is 1. The molecule has 0 bridgehead atoms. The van der Waals surface area contributed by atoms with Gasteiger partial charge in [0.15, 0.2) is 5.96 Å². The van der Waals surface area contributed by atoms with E-state index in [4.69, 9.17) is 14.5 Å². The number of guanidine groups is 1. The van der Waals surface area contributed by atoms with Crippen molar-refractivity contribution in [3.8, 4) is 0 Å². The van der Waals surface area contributed by atoms with E-state index in [0.29, 0.717) is 12.0 Å². The molecule has 0 saturated carbocycles. The molecule has 1 unspecified atom stereocenters. The van der Waals surface area contributed by atoms with Crippen molar-refractivity contribution in [3.05, 3.63) is 0 Å². The summed E-state index contributed by atoms with van der Waals surface area (Å²) in [5, 5.41) is 6.72. The Bertz CT molecular complexity index is 337. The first-order valence-corrected chi connectivity index (χ1v) is 9.14. The molecule has 0 aromatic heterocycles. The lowest BCUT2D eigenvalue weighted by Gasteiger charge is -2.25. The predicted octanol–water partition coefficient (Wildman–Crippen LogP) is 2.81. The standard InChI is InChI=1S/C18H37N3O2/c1-6-19-17(21-14-18(4,5)12-15(2)3)20-9-7-10-23-16-8-11-22-13-16/h15-16H,6-14H2,1-5H3,(H2,19,20,21). The molecule has 0 aromatic carbocycles. The summed E-state index contributed by atoms with van der Waals surface area (Å²) < 4.78 is 11.1. The van der Waals surface area contributed by atoms with Gasteiger partial charge in [0.05, 0.1) is 12.7 Å². The lowest BCUT2D eigenvalue weighted by atomic mass is 9.84. The van der Waals surface area contributed by atoms with Gasteiger partial charge >= 0.3 is 0 Å². The zero-order chi connectivity index (χ0) is 17.1. The van der Waals surface area contributed by atoms with Crippen molar-refractivity contribution in [1.82, 2.24) is 10.6 Å². The number of nitrogens with one attached hydrogen (secondary N) is 2. The first kappa shape index (κ1) is 20.2. The highest BCUT2D eigenvalue weighted by molar-refractivity contribution is 5.79. The van der Waals surface area contributed by atoms with Gasteiger partial charge in [0.2, 0.25) is 0 Å². The summed E-state index contributed by atoms with van der Waals surface area (Å²) in [7, 11) is 0. The third-order valence-corrected chi connectivity index (χ3v) is 3.83. The van der Waals surface area contributed by atoms with Gasteiger partial charge in [-0.3, -0.25) is 4.99 Å². The van der Waals surface area contributed by atoms with E-state index in [9.17, 15) is 0 Å². The smallest absolute Gasteiger partial charge is 0.191 e. The van der Waals surface area contributed by atoms with Crippen molar-refractivity contribution in [2.75, 3.05) is 39.5 Å². The van der Waals surface area contributed by atoms with Crippen LogP contribution in [0, 0.1) is 11.3 Å². The van der Waals surface area contributed by atoms with Crippen molar-refractivity contribution >= 4 is 5.96 Å². The van der Waals surface area contributed by atoms with Gasteiger partial charge in [-0.05, 0) is 37.5 Å². The van der Waals surface area contributed by atoms with Crippen LogP contribution in [0.5, 0.6) is 0 Å². The van der Waals surface area contributed by atoms with E-state index in [-0.39, 0.29) is 5.41 Å². The van der Waals surface area contributed by atoms with E-state index in [1.807, 2.05) is 0 Å². The molecule has 0 aliphatic carbocycles. The Morgan fingerprint density at radius 3 is 2.74 bits per heavy atom. The van der Waals surface area contributed by atoms with Gasteiger partial charge in [0.1, 0.15) is 0 Å². The second kappa shape index (κ2) is 10.9. The maximum Gasteiger partial charge on any atom is 0.191 e. The summed E-state index contributed by atoms with van der Waals surface area (Å²) >= 11 is 0. The van der Waals surface area contributed by atoms with E-state index < -0.39 is 0 Å². The van der Waals surface area contributed by atoms with E-state index >= 15 is 0 Å². The first-order valence-electron chi connectivity index (χ1n) is 9.14. The van der Waals surface area contributed by atoms with Gasteiger partial charge in [-0.1, -0.05) is 27.7 Å². The summed E-state index contributed by atoms with van der Waals surface area (Å²) in [6.07, 6.45) is 3.50. The molecule has 1 saturated heterocycles. The van der Waals surface area contributed by atoms with Gasteiger partial charge in [0, 0.05) is 32.8 Å². The number of rotatable bonds is 10. The fourth-order valence-electron chi connectivity index (χ4n) is 2.98. The van der Waals surface area contributed by atoms with Crippen LogP contribution < -0.4 is 10.6 Å². The van der Waals surface area contributed by atoms with Gasteiger partial charge in [-0.15, -0.1) is 0 Å². The molecule has 1 heterocycles. The number of ether oxygens (including phenoxy) is 2. The number of aliphatic imine (C=N–C) groups is 1. The average molecular weight is 328 g/mol. The highest BCUT2D eigenvalue weighted by atomic mass is 16.5.